The molecule has 0 aliphatic carbocycles. The maximum absolute atomic E-state index is 12.9. The van der Waals surface area contributed by atoms with Gasteiger partial charge in [0.1, 0.15) is 0 Å². The number of aromatic nitrogens is 1. The second-order valence-corrected chi connectivity index (χ2v) is 7.15. The molecular formula is C21H25N3O4. The van der Waals surface area contributed by atoms with Crippen LogP contribution < -0.4 is 14.8 Å². The van der Waals surface area contributed by atoms with Crippen molar-refractivity contribution in [1.29, 1.82) is 0 Å². The van der Waals surface area contributed by atoms with Crippen LogP contribution in [-0.4, -0.2) is 42.5 Å². The summed E-state index contributed by atoms with van der Waals surface area (Å²) in [5, 5.41) is 3.10. The smallest absolute Gasteiger partial charge is 0.318 e. The van der Waals surface area contributed by atoms with Crippen LogP contribution in [0.3, 0.4) is 0 Å². The third kappa shape index (κ3) is 4.72. The van der Waals surface area contributed by atoms with Crippen molar-refractivity contribution >= 4 is 6.03 Å². The number of rotatable bonds is 6. The Kier molecular flexibility index (Phi) is 5.92. The van der Waals surface area contributed by atoms with Crippen molar-refractivity contribution < 1.29 is 19.0 Å². The highest BCUT2D eigenvalue weighted by molar-refractivity contribution is 5.74. The summed E-state index contributed by atoms with van der Waals surface area (Å²) in [6, 6.07) is 9.58. The number of pyridine rings is 1. The molecule has 3 heterocycles. The maximum atomic E-state index is 12.9. The quantitative estimate of drug-likeness (QED) is 0.830. The van der Waals surface area contributed by atoms with Crippen molar-refractivity contribution in [2.24, 2.45) is 5.92 Å². The molecule has 0 atom stereocenters. The van der Waals surface area contributed by atoms with Crippen LogP contribution in [0.15, 0.2) is 42.7 Å². The van der Waals surface area contributed by atoms with E-state index in [1.807, 2.05) is 30.3 Å². The molecule has 1 saturated heterocycles. The largest absolute Gasteiger partial charge is 0.454 e. The van der Waals surface area contributed by atoms with E-state index in [9.17, 15) is 4.79 Å². The zero-order chi connectivity index (χ0) is 19.2. The van der Waals surface area contributed by atoms with Gasteiger partial charge in [-0.15, -0.1) is 0 Å². The second kappa shape index (κ2) is 8.93. The van der Waals surface area contributed by atoms with E-state index in [1.165, 1.54) is 0 Å². The Balaban J connectivity index is 1.44. The first-order valence-corrected chi connectivity index (χ1v) is 9.66. The average Bonchev–Trinajstić information content (AvgIpc) is 3.21. The van der Waals surface area contributed by atoms with Gasteiger partial charge in [-0.05, 0) is 48.1 Å². The van der Waals surface area contributed by atoms with Gasteiger partial charge in [0.15, 0.2) is 11.5 Å². The molecule has 2 aliphatic heterocycles. The minimum atomic E-state index is -0.0759. The van der Waals surface area contributed by atoms with E-state index in [-0.39, 0.29) is 12.8 Å². The van der Waals surface area contributed by atoms with Gasteiger partial charge in [0.05, 0.1) is 0 Å². The van der Waals surface area contributed by atoms with Gasteiger partial charge in [0.25, 0.3) is 0 Å². The number of hydrogen-bond acceptors (Lipinski definition) is 5. The van der Waals surface area contributed by atoms with Crippen molar-refractivity contribution in [1.82, 2.24) is 15.2 Å². The number of nitrogens with zero attached hydrogens (tertiary/aromatic N) is 2. The normalized spacial score (nSPS) is 16.0. The monoisotopic (exact) mass is 383 g/mol. The molecule has 7 nitrogen and oxygen atoms in total. The van der Waals surface area contributed by atoms with Crippen LogP contribution in [0.4, 0.5) is 4.79 Å². The summed E-state index contributed by atoms with van der Waals surface area (Å²) in [5.41, 5.74) is 1.99. The zero-order valence-corrected chi connectivity index (χ0v) is 15.8. The summed E-state index contributed by atoms with van der Waals surface area (Å²) in [7, 11) is 0. The van der Waals surface area contributed by atoms with E-state index in [0.717, 1.165) is 48.7 Å². The Morgan fingerprint density at radius 2 is 1.93 bits per heavy atom. The lowest BCUT2D eigenvalue weighted by Crippen LogP contribution is -2.41. The Morgan fingerprint density at radius 1 is 1.11 bits per heavy atom. The van der Waals surface area contributed by atoms with E-state index in [0.29, 0.717) is 25.6 Å². The average molecular weight is 383 g/mol. The van der Waals surface area contributed by atoms with Crippen LogP contribution in [0.1, 0.15) is 24.0 Å². The number of fused-ring (bicyclic) bond motifs is 1. The van der Waals surface area contributed by atoms with E-state index in [1.54, 1.807) is 17.3 Å². The lowest BCUT2D eigenvalue weighted by molar-refractivity contribution is 0.0663. The molecule has 2 amide bonds. The number of nitrogens with one attached hydrogen (secondary N) is 1. The van der Waals surface area contributed by atoms with Crippen molar-refractivity contribution in [3.05, 3.63) is 53.9 Å². The summed E-state index contributed by atoms with van der Waals surface area (Å²) in [4.78, 5) is 18.9. The third-order valence-electron chi connectivity index (χ3n) is 5.08. The van der Waals surface area contributed by atoms with Crippen LogP contribution in [-0.2, 0) is 17.8 Å². The molecule has 0 unspecified atom stereocenters. The molecule has 2 aromatic rings. The van der Waals surface area contributed by atoms with Crippen LogP contribution in [0, 0.1) is 5.92 Å². The first-order chi connectivity index (χ1) is 13.8. The van der Waals surface area contributed by atoms with Crippen LogP contribution in [0.2, 0.25) is 0 Å². The summed E-state index contributed by atoms with van der Waals surface area (Å²) in [6.07, 6.45) is 5.51. The van der Waals surface area contributed by atoms with Gasteiger partial charge in [-0.3, -0.25) is 4.98 Å². The molecule has 0 spiro atoms. The van der Waals surface area contributed by atoms with E-state index < -0.39 is 0 Å². The number of ether oxygens (including phenoxy) is 3. The van der Waals surface area contributed by atoms with E-state index in [4.69, 9.17) is 14.2 Å². The van der Waals surface area contributed by atoms with Gasteiger partial charge in [-0.25, -0.2) is 4.79 Å². The number of benzene rings is 1. The SMILES string of the molecule is O=C(NCC1CCOCC1)N(Cc1cccnc1)Cc1ccc2c(c1)OCO2. The zero-order valence-electron chi connectivity index (χ0n) is 15.8. The maximum Gasteiger partial charge on any atom is 0.318 e. The van der Waals surface area contributed by atoms with Crippen molar-refractivity contribution in [2.75, 3.05) is 26.6 Å². The van der Waals surface area contributed by atoms with Crippen molar-refractivity contribution in [2.45, 2.75) is 25.9 Å². The fourth-order valence-electron chi connectivity index (χ4n) is 3.47. The second-order valence-electron chi connectivity index (χ2n) is 7.15. The Morgan fingerprint density at radius 3 is 2.75 bits per heavy atom. The highest BCUT2D eigenvalue weighted by Crippen LogP contribution is 2.33. The number of carbonyl (C=O) groups is 1. The molecule has 4 rings (SSSR count). The van der Waals surface area contributed by atoms with Crippen molar-refractivity contribution in [3.63, 3.8) is 0 Å². The summed E-state index contributed by atoms with van der Waals surface area (Å²) >= 11 is 0. The Hall–Kier alpha value is -2.80. The first kappa shape index (κ1) is 18.6. The van der Waals surface area contributed by atoms with Crippen LogP contribution >= 0.6 is 0 Å². The summed E-state index contributed by atoms with van der Waals surface area (Å²) < 4.78 is 16.2. The van der Waals surface area contributed by atoms with Gasteiger partial charge >= 0.3 is 6.03 Å². The van der Waals surface area contributed by atoms with Gasteiger partial charge in [0, 0.05) is 45.2 Å². The van der Waals surface area contributed by atoms with Crippen LogP contribution in [0.5, 0.6) is 11.5 Å². The van der Waals surface area contributed by atoms with Gasteiger partial charge in [-0.1, -0.05) is 12.1 Å². The topological polar surface area (TPSA) is 72.9 Å². The first-order valence-electron chi connectivity index (χ1n) is 9.66. The minimum absolute atomic E-state index is 0.0759. The standard InChI is InChI=1S/C21H25N3O4/c25-21(23-12-16-5-8-26-9-6-16)24(14-18-2-1-7-22-11-18)13-17-3-4-19-20(10-17)28-15-27-19/h1-4,7,10-11,16H,5-6,8-9,12-15H2,(H,23,25). The van der Waals surface area contributed by atoms with E-state index in [2.05, 4.69) is 10.3 Å². The molecule has 2 aliphatic rings. The molecule has 1 N–H and O–H groups in total. The molecule has 1 aromatic heterocycles. The highest BCUT2D eigenvalue weighted by Gasteiger charge is 2.20. The van der Waals surface area contributed by atoms with Gasteiger partial charge < -0.3 is 24.4 Å². The molecule has 0 saturated carbocycles. The third-order valence-corrected chi connectivity index (χ3v) is 5.08. The molecule has 1 fully saturated rings. The fraction of sp³-hybridized carbons (Fsp3) is 0.429. The molecule has 0 radical (unpaired) electrons. The van der Waals surface area contributed by atoms with E-state index >= 15 is 0 Å². The fourth-order valence-corrected chi connectivity index (χ4v) is 3.47. The van der Waals surface area contributed by atoms with Crippen LogP contribution in [0.25, 0.3) is 0 Å². The van der Waals surface area contributed by atoms with Gasteiger partial charge in [-0.2, -0.15) is 0 Å². The molecule has 7 heteroatoms. The predicted octanol–water partition coefficient (Wildman–Crippen LogP) is 2.95. The molecule has 148 valence electrons. The molecule has 28 heavy (non-hydrogen) atoms. The molecule has 0 bridgehead atoms. The highest BCUT2D eigenvalue weighted by atomic mass is 16.7. The predicted molar refractivity (Wildman–Crippen MR) is 103 cm³/mol. The number of hydrogen-bond donors (Lipinski definition) is 1. The summed E-state index contributed by atoms with van der Waals surface area (Å²) in [6.45, 7) is 3.43. The minimum Gasteiger partial charge on any atom is -0.454 e. The molecular weight excluding hydrogens is 358 g/mol. The molecule has 1 aromatic carbocycles. The summed E-state index contributed by atoms with van der Waals surface area (Å²) in [5.74, 6) is 1.94. The Bertz CT molecular complexity index is 793. The number of carbonyl (C=O) groups excluding carboxylic acids is 1. The number of urea groups is 1. The number of amides is 2. The van der Waals surface area contributed by atoms with Gasteiger partial charge in [0.2, 0.25) is 6.79 Å². The lowest BCUT2D eigenvalue weighted by Gasteiger charge is -2.26. The lowest BCUT2D eigenvalue weighted by atomic mass is 10.0. The Labute approximate surface area is 164 Å². The van der Waals surface area contributed by atoms with Crippen molar-refractivity contribution in [3.8, 4) is 11.5 Å².